The van der Waals surface area contributed by atoms with Crippen LogP contribution in [0.3, 0.4) is 0 Å². The van der Waals surface area contributed by atoms with E-state index in [9.17, 15) is 4.79 Å². The van der Waals surface area contributed by atoms with Gasteiger partial charge in [0.1, 0.15) is 5.76 Å². The smallest absolute Gasteiger partial charge is 0.220 e. The molecule has 0 aromatic carbocycles. The molecule has 0 spiro atoms. The Labute approximate surface area is 141 Å². The highest BCUT2D eigenvalue weighted by Gasteiger charge is 2.24. The first kappa shape index (κ1) is 16.3. The van der Waals surface area contributed by atoms with Gasteiger partial charge in [0.2, 0.25) is 5.91 Å². The molecule has 23 heavy (non-hydrogen) atoms. The summed E-state index contributed by atoms with van der Waals surface area (Å²) in [6, 6.07) is 6.16. The van der Waals surface area contributed by atoms with Gasteiger partial charge in [0.25, 0.3) is 0 Å². The Kier molecular flexibility index (Phi) is 5.88. The van der Waals surface area contributed by atoms with E-state index in [1.807, 2.05) is 12.1 Å². The van der Waals surface area contributed by atoms with Gasteiger partial charge in [-0.05, 0) is 66.9 Å². The van der Waals surface area contributed by atoms with Crippen molar-refractivity contribution < 1.29 is 9.21 Å². The lowest BCUT2D eigenvalue weighted by Gasteiger charge is -2.33. The fourth-order valence-electron chi connectivity index (χ4n) is 3.11. The fourth-order valence-corrected chi connectivity index (χ4v) is 3.82. The van der Waals surface area contributed by atoms with E-state index >= 15 is 0 Å². The Balaban J connectivity index is 1.52. The summed E-state index contributed by atoms with van der Waals surface area (Å²) >= 11 is 1.68. The summed E-state index contributed by atoms with van der Waals surface area (Å²) in [7, 11) is 0. The third kappa shape index (κ3) is 4.69. The van der Waals surface area contributed by atoms with Crippen molar-refractivity contribution >= 4 is 17.2 Å². The number of aryl methyl sites for hydroxylation is 1. The first-order chi connectivity index (χ1) is 11.3. The second-order valence-corrected chi connectivity index (χ2v) is 6.84. The third-order valence-electron chi connectivity index (χ3n) is 4.42. The van der Waals surface area contributed by atoms with Gasteiger partial charge in [-0.1, -0.05) is 6.42 Å². The van der Waals surface area contributed by atoms with Crippen LogP contribution in [0.1, 0.15) is 43.0 Å². The maximum absolute atomic E-state index is 12.1. The average molecular weight is 332 g/mol. The van der Waals surface area contributed by atoms with Crippen LogP contribution in [0.2, 0.25) is 0 Å². The van der Waals surface area contributed by atoms with Gasteiger partial charge in [-0.15, -0.1) is 0 Å². The molecular weight excluding hydrogens is 308 g/mol. The van der Waals surface area contributed by atoms with E-state index in [1.54, 1.807) is 17.6 Å². The molecule has 1 N–H and O–H groups in total. The zero-order chi connectivity index (χ0) is 15.9. The Morgan fingerprint density at radius 3 is 2.87 bits per heavy atom. The van der Waals surface area contributed by atoms with Gasteiger partial charge in [-0.25, -0.2) is 0 Å². The number of piperidine rings is 1. The summed E-state index contributed by atoms with van der Waals surface area (Å²) in [6.45, 7) is 2.78. The minimum Gasteiger partial charge on any atom is -0.468 e. The van der Waals surface area contributed by atoms with Crippen LogP contribution in [0.25, 0.3) is 0 Å². The van der Waals surface area contributed by atoms with Gasteiger partial charge in [-0.2, -0.15) is 11.3 Å². The average Bonchev–Trinajstić information content (AvgIpc) is 3.28. The Bertz CT molecular complexity index is 574. The molecule has 0 saturated carbocycles. The van der Waals surface area contributed by atoms with Crippen molar-refractivity contribution in [2.45, 2.75) is 38.1 Å². The number of amides is 1. The summed E-state index contributed by atoms with van der Waals surface area (Å²) in [5.74, 6) is 1.06. The van der Waals surface area contributed by atoms with Crippen LogP contribution in [-0.4, -0.2) is 30.4 Å². The van der Waals surface area contributed by atoms with E-state index in [0.717, 1.165) is 25.3 Å². The maximum atomic E-state index is 12.1. The summed E-state index contributed by atoms with van der Waals surface area (Å²) in [6.07, 6.45) is 6.82. The van der Waals surface area contributed by atoms with Gasteiger partial charge in [0.05, 0.1) is 12.3 Å². The lowest BCUT2D eigenvalue weighted by Crippen LogP contribution is -2.40. The van der Waals surface area contributed by atoms with Crippen molar-refractivity contribution in [3.05, 3.63) is 46.5 Å². The van der Waals surface area contributed by atoms with Gasteiger partial charge >= 0.3 is 0 Å². The van der Waals surface area contributed by atoms with Gasteiger partial charge in [-0.3, -0.25) is 9.69 Å². The van der Waals surface area contributed by atoms with Gasteiger partial charge < -0.3 is 9.73 Å². The van der Waals surface area contributed by atoms with Crippen LogP contribution >= 0.6 is 11.3 Å². The van der Waals surface area contributed by atoms with E-state index < -0.39 is 0 Å². The monoisotopic (exact) mass is 332 g/mol. The third-order valence-corrected chi connectivity index (χ3v) is 5.15. The summed E-state index contributed by atoms with van der Waals surface area (Å²) in [5, 5.41) is 7.25. The van der Waals surface area contributed by atoms with Crippen LogP contribution < -0.4 is 5.32 Å². The zero-order valence-electron chi connectivity index (χ0n) is 13.4. The predicted molar refractivity (Wildman–Crippen MR) is 92.5 cm³/mol. The second-order valence-electron chi connectivity index (χ2n) is 6.06. The largest absolute Gasteiger partial charge is 0.468 e. The first-order valence-electron chi connectivity index (χ1n) is 8.38. The number of hydrogen-bond donors (Lipinski definition) is 1. The van der Waals surface area contributed by atoms with Crippen LogP contribution in [0.4, 0.5) is 0 Å². The number of nitrogens with one attached hydrogen (secondary N) is 1. The number of carbonyl (C=O) groups excluding carboxylic acids is 1. The topological polar surface area (TPSA) is 45.5 Å². The molecule has 5 heteroatoms. The molecule has 1 unspecified atom stereocenters. The maximum Gasteiger partial charge on any atom is 0.220 e. The summed E-state index contributed by atoms with van der Waals surface area (Å²) < 4.78 is 5.61. The zero-order valence-corrected chi connectivity index (χ0v) is 14.2. The summed E-state index contributed by atoms with van der Waals surface area (Å²) in [5.41, 5.74) is 1.24. The molecule has 0 aliphatic carbocycles. The van der Waals surface area contributed by atoms with Crippen molar-refractivity contribution in [3.63, 3.8) is 0 Å². The molecule has 1 aliphatic heterocycles. The lowest BCUT2D eigenvalue weighted by molar-refractivity contribution is -0.121. The highest BCUT2D eigenvalue weighted by atomic mass is 32.1. The van der Waals surface area contributed by atoms with Crippen LogP contribution in [0.5, 0.6) is 0 Å². The van der Waals surface area contributed by atoms with Crippen molar-refractivity contribution in [3.8, 4) is 0 Å². The number of likely N-dealkylation sites (tertiary alicyclic amines) is 1. The number of nitrogens with zero attached hydrogens (tertiary/aromatic N) is 1. The standard InChI is InChI=1S/C18H24N2O2S/c21-18(7-6-15-8-12-23-14-15)19-13-16(17-5-4-11-22-17)20-9-2-1-3-10-20/h4-5,8,11-12,14,16H,1-3,6-7,9-10,13H2,(H,19,21). The molecule has 124 valence electrons. The molecule has 1 fully saturated rings. The molecule has 0 radical (unpaired) electrons. The van der Waals surface area contributed by atoms with Crippen molar-refractivity contribution in [2.75, 3.05) is 19.6 Å². The van der Waals surface area contributed by atoms with Crippen molar-refractivity contribution in [1.82, 2.24) is 10.2 Å². The minimum absolute atomic E-state index is 0.116. The molecule has 0 bridgehead atoms. The van der Waals surface area contributed by atoms with Crippen LogP contribution in [-0.2, 0) is 11.2 Å². The van der Waals surface area contributed by atoms with Crippen LogP contribution in [0, 0.1) is 0 Å². The Morgan fingerprint density at radius 2 is 2.17 bits per heavy atom. The fraction of sp³-hybridized carbons (Fsp3) is 0.500. The summed E-state index contributed by atoms with van der Waals surface area (Å²) in [4.78, 5) is 14.6. The molecule has 1 saturated heterocycles. The molecule has 2 aromatic heterocycles. The molecule has 3 rings (SSSR count). The second kappa shape index (κ2) is 8.31. The molecule has 1 amide bonds. The van der Waals surface area contributed by atoms with E-state index in [0.29, 0.717) is 13.0 Å². The number of carbonyl (C=O) groups is 1. The van der Waals surface area contributed by atoms with Gasteiger partial charge in [0.15, 0.2) is 0 Å². The number of hydrogen-bond acceptors (Lipinski definition) is 4. The van der Waals surface area contributed by atoms with Gasteiger partial charge in [0, 0.05) is 13.0 Å². The Morgan fingerprint density at radius 1 is 1.30 bits per heavy atom. The SMILES string of the molecule is O=C(CCc1ccsc1)NCC(c1ccco1)N1CCCCC1. The van der Waals surface area contributed by atoms with Crippen molar-refractivity contribution in [1.29, 1.82) is 0 Å². The minimum atomic E-state index is 0.116. The lowest BCUT2D eigenvalue weighted by atomic mass is 10.1. The highest BCUT2D eigenvalue weighted by Crippen LogP contribution is 2.24. The Hall–Kier alpha value is -1.59. The van der Waals surface area contributed by atoms with Crippen molar-refractivity contribution in [2.24, 2.45) is 0 Å². The van der Waals surface area contributed by atoms with E-state index in [-0.39, 0.29) is 11.9 Å². The molecule has 4 nitrogen and oxygen atoms in total. The molecule has 2 aromatic rings. The first-order valence-corrected chi connectivity index (χ1v) is 9.32. The highest BCUT2D eigenvalue weighted by molar-refractivity contribution is 7.07. The van der Waals surface area contributed by atoms with E-state index in [2.05, 4.69) is 27.0 Å². The van der Waals surface area contributed by atoms with Crippen LogP contribution in [0.15, 0.2) is 39.6 Å². The number of furan rings is 1. The van der Waals surface area contributed by atoms with E-state index in [1.165, 1.54) is 24.8 Å². The quantitative estimate of drug-likeness (QED) is 0.842. The number of rotatable bonds is 7. The number of thiophene rings is 1. The molecule has 3 heterocycles. The molecular formula is C18H24N2O2S. The normalized spacial score (nSPS) is 17.0. The predicted octanol–water partition coefficient (Wildman–Crippen LogP) is 3.62. The molecule has 1 aliphatic rings. The molecule has 1 atom stereocenters. The van der Waals surface area contributed by atoms with E-state index in [4.69, 9.17) is 4.42 Å².